The van der Waals surface area contributed by atoms with Gasteiger partial charge in [-0.1, -0.05) is 36.4 Å². The van der Waals surface area contributed by atoms with Crippen LogP contribution in [0.4, 0.5) is 5.82 Å². The van der Waals surface area contributed by atoms with Crippen LogP contribution in [0.1, 0.15) is 35.6 Å². The monoisotopic (exact) mass is 313 g/mol. The van der Waals surface area contributed by atoms with Gasteiger partial charge in [0.25, 0.3) is 0 Å². The Morgan fingerprint density at radius 1 is 1.32 bits per heavy atom. The standard InChI is InChI=1S/C18H20ClN3/c1-3-4-12-22(2)17-15-11-10-14(13-8-6-5-7-9-13)16(15)20-18(19)21-17/h3,5-9,14H,1,4,10-12H2,2H3. The summed E-state index contributed by atoms with van der Waals surface area (Å²) in [6, 6.07) is 10.5. The molecule has 1 atom stereocenters. The number of nitrogens with zero attached hydrogens (tertiary/aromatic N) is 3. The maximum absolute atomic E-state index is 6.19. The SMILES string of the molecule is C=CCCN(C)c1nc(Cl)nc2c1CCC2c1ccccc1. The molecule has 1 heterocycles. The second-order valence-electron chi connectivity index (χ2n) is 5.68. The van der Waals surface area contributed by atoms with Crippen molar-refractivity contribution in [2.24, 2.45) is 0 Å². The zero-order valence-electron chi connectivity index (χ0n) is 12.8. The first-order chi connectivity index (χ1) is 10.7. The van der Waals surface area contributed by atoms with Gasteiger partial charge in [-0.05, 0) is 36.4 Å². The fraction of sp³-hybridized carbons (Fsp3) is 0.333. The Labute approximate surface area is 136 Å². The largest absolute Gasteiger partial charge is 0.359 e. The molecule has 3 rings (SSSR count). The Kier molecular flexibility index (Phi) is 4.44. The third-order valence-electron chi connectivity index (χ3n) is 4.24. The van der Waals surface area contributed by atoms with E-state index in [2.05, 4.69) is 52.8 Å². The lowest BCUT2D eigenvalue weighted by Gasteiger charge is -2.21. The summed E-state index contributed by atoms with van der Waals surface area (Å²) in [5.74, 6) is 1.29. The van der Waals surface area contributed by atoms with Gasteiger partial charge in [-0.15, -0.1) is 6.58 Å². The zero-order chi connectivity index (χ0) is 15.5. The van der Waals surface area contributed by atoms with Crippen LogP contribution >= 0.6 is 11.6 Å². The summed E-state index contributed by atoms with van der Waals surface area (Å²) < 4.78 is 0. The van der Waals surface area contributed by atoms with Crippen LogP contribution in [-0.2, 0) is 6.42 Å². The highest BCUT2D eigenvalue weighted by atomic mass is 35.5. The van der Waals surface area contributed by atoms with Crippen LogP contribution in [0, 0.1) is 0 Å². The number of hydrogen-bond donors (Lipinski definition) is 0. The Morgan fingerprint density at radius 3 is 2.82 bits per heavy atom. The number of anilines is 1. The predicted molar refractivity (Wildman–Crippen MR) is 91.7 cm³/mol. The van der Waals surface area contributed by atoms with Gasteiger partial charge in [0.15, 0.2) is 0 Å². The van der Waals surface area contributed by atoms with Gasteiger partial charge in [-0.25, -0.2) is 9.97 Å². The molecule has 0 aliphatic heterocycles. The number of fused-ring (bicyclic) bond motifs is 1. The molecule has 22 heavy (non-hydrogen) atoms. The fourth-order valence-electron chi connectivity index (χ4n) is 3.13. The van der Waals surface area contributed by atoms with Crippen molar-refractivity contribution < 1.29 is 0 Å². The van der Waals surface area contributed by atoms with E-state index < -0.39 is 0 Å². The van der Waals surface area contributed by atoms with Crippen molar-refractivity contribution in [1.82, 2.24) is 9.97 Å². The second-order valence-corrected chi connectivity index (χ2v) is 6.02. The first-order valence-corrected chi connectivity index (χ1v) is 8.01. The lowest BCUT2D eigenvalue weighted by atomic mass is 9.97. The van der Waals surface area contributed by atoms with Crippen LogP contribution in [0.3, 0.4) is 0 Å². The minimum Gasteiger partial charge on any atom is -0.359 e. The van der Waals surface area contributed by atoms with E-state index in [0.29, 0.717) is 11.2 Å². The van der Waals surface area contributed by atoms with E-state index in [0.717, 1.165) is 37.3 Å². The molecule has 1 aromatic carbocycles. The van der Waals surface area contributed by atoms with Gasteiger partial charge < -0.3 is 4.90 Å². The topological polar surface area (TPSA) is 29.0 Å². The highest BCUT2D eigenvalue weighted by Gasteiger charge is 2.30. The van der Waals surface area contributed by atoms with E-state index in [-0.39, 0.29) is 0 Å². The molecule has 2 aromatic rings. The molecule has 1 aromatic heterocycles. The average Bonchev–Trinajstić information content (AvgIpc) is 2.96. The molecule has 0 saturated heterocycles. The van der Waals surface area contributed by atoms with E-state index in [9.17, 15) is 0 Å². The van der Waals surface area contributed by atoms with E-state index in [1.54, 1.807) is 0 Å². The molecule has 0 radical (unpaired) electrons. The van der Waals surface area contributed by atoms with E-state index >= 15 is 0 Å². The van der Waals surface area contributed by atoms with Crippen LogP contribution in [0.2, 0.25) is 5.28 Å². The van der Waals surface area contributed by atoms with Crippen LogP contribution in [-0.4, -0.2) is 23.6 Å². The highest BCUT2D eigenvalue weighted by molar-refractivity contribution is 6.28. The molecule has 0 amide bonds. The quantitative estimate of drug-likeness (QED) is 0.611. The van der Waals surface area contributed by atoms with Crippen molar-refractivity contribution in [3.63, 3.8) is 0 Å². The van der Waals surface area contributed by atoms with Gasteiger partial charge in [0.1, 0.15) is 5.82 Å². The number of rotatable bonds is 5. The zero-order valence-corrected chi connectivity index (χ0v) is 13.6. The molecule has 0 spiro atoms. The van der Waals surface area contributed by atoms with Crippen molar-refractivity contribution in [2.45, 2.75) is 25.2 Å². The summed E-state index contributed by atoms with van der Waals surface area (Å²) in [5, 5.41) is 0.335. The maximum Gasteiger partial charge on any atom is 0.224 e. The Bertz CT molecular complexity index is 670. The predicted octanol–water partition coefficient (Wildman–Crippen LogP) is 4.22. The fourth-order valence-corrected chi connectivity index (χ4v) is 3.30. The Balaban J connectivity index is 1.98. The van der Waals surface area contributed by atoms with Crippen molar-refractivity contribution in [3.8, 4) is 0 Å². The summed E-state index contributed by atoms with van der Waals surface area (Å²) in [6.45, 7) is 4.67. The molecule has 0 saturated carbocycles. The number of aromatic nitrogens is 2. The summed E-state index contributed by atoms with van der Waals surface area (Å²) in [7, 11) is 2.05. The number of halogens is 1. The minimum atomic E-state index is 0.322. The van der Waals surface area contributed by atoms with Gasteiger partial charge in [0.05, 0.1) is 5.69 Å². The second kappa shape index (κ2) is 6.49. The van der Waals surface area contributed by atoms with Gasteiger partial charge in [0.2, 0.25) is 5.28 Å². The lowest BCUT2D eigenvalue weighted by Crippen LogP contribution is -2.21. The molecule has 1 unspecified atom stereocenters. The van der Waals surface area contributed by atoms with Crippen LogP contribution in [0.25, 0.3) is 0 Å². The first-order valence-electron chi connectivity index (χ1n) is 7.64. The molecule has 1 aliphatic carbocycles. The van der Waals surface area contributed by atoms with Gasteiger partial charge in [-0.3, -0.25) is 0 Å². The van der Waals surface area contributed by atoms with Crippen molar-refractivity contribution >= 4 is 17.4 Å². The van der Waals surface area contributed by atoms with Crippen LogP contribution in [0.5, 0.6) is 0 Å². The van der Waals surface area contributed by atoms with Gasteiger partial charge in [0, 0.05) is 25.1 Å². The van der Waals surface area contributed by atoms with Gasteiger partial charge in [-0.2, -0.15) is 0 Å². The van der Waals surface area contributed by atoms with Crippen molar-refractivity contribution in [3.05, 3.63) is 65.1 Å². The number of hydrogen-bond acceptors (Lipinski definition) is 3. The molecule has 1 aliphatic rings. The molecular weight excluding hydrogens is 294 g/mol. The summed E-state index contributed by atoms with van der Waals surface area (Å²) in [5.41, 5.74) is 3.63. The first kappa shape index (κ1) is 15.0. The summed E-state index contributed by atoms with van der Waals surface area (Å²) in [6.07, 6.45) is 4.91. The molecule has 4 heteroatoms. The molecule has 114 valence electrons. The van der Waals surface area contributed by atoms with Gasteiger partial charge >= 0.3 is 0 Å². The van der Waals surface area contributed by atoms with Crippen LogP contribution in [0.15, 0.2) is 43.0 Å². The average molecular weight is 314 g/mol. The maximum atomic E-state index is 6.19. The molecule has 0 bridgehead atoms. The Hall–Kier alpha value is -1.87. The third-order valence-corrected chi connectivity index (χ3v) is 4.40. The summed E-state index contributed by atoms with van der Waals surface area (Å²) in [4.78, 5) is 11.2. The normalized spacial score (nSPS) is 16.4. The molecule has 0 fully saturated rings. The third kappa shape index (κ3) is 2.86. The molecule has 3 nitrogen and oxygen atoms in total. The van der Waals surface area contributed by atoms with Crippen LogP contribution < -0.4 is 4.90 Å². The van der Waals surface area contributed by atoms with E-state index in [1.165, 1.54) is 11.1 Å². The minimum absolute atomic E-state index is 0.322. The highest BCUT2D eigenvalue weighted by Crippen LogP contribution is 2.40. The van der Waals surface area contributed by atoms with E-state index in [4.69, 9.17) is 11.6 Å². The number of benzene rings is 1. The van der Waals surface area contributed by atoms with Crippen molar-refractivity contribution in [2.75, 3.05) is 18.5 Å². The lowest BCUT2D eigenvalue weighted by molar-refractivity contribution is 0.771. The molecule has 0 N–H and O–H groups in total. The smallest absolute Gasteiger partial charge is 0.224 e. The Morgan fingerprint density at radius 2 is 2.09 bits per heavy atom. The van der Waals surface area contributed by atoms with E-state index in [1.807, 2.05) is 12.1 Å². The van der Waals surface area contributed by atoms with Crippen molar-refractivity contribution in [1.29, 1.82) is 0 Å². The molecular formula is C18H20ClN3. The summed E-state index contributed by atoms with van der Waals surface area (Å²) >= 11 is 6.19.